The summed E-state index contributed by atoms with van der Waals surface area (Å²) in [5.41, 5.74) is 1.01. The summed E-state index contributed by atoms with van der Waals surface area (Å²) in [5.74, 6) is -1.65. The molecule has 128 valence electrons. The van der Waals surface area contributed by atoms with Gasteiger partial charge < -0.3 is 10.4 Å². The van der Waals surface area contributed by atoms with Crippen LogP contribution in [0.4, 0.5) is 13.2 Å². The third kappa shape index (κ3) is 5.07. The number of aliphatic carboxylic acids is 1. The Morgan fingerprint density at radius 1 is 1.21 bits per heavy atom. The zero-order valence-corrected chi connectivity index (χ0v) is 12.2. The number of carbonyl (C=O) groups excluding carboxylic acids is 1. The quantitative estimate of drug-likeness (QED) is 0.831. The molecule has 0 bridgehead atoms. The van der Waals surface area contributed by atoms with Crippen molar-refractivity contribution in [2.75, 3.05) is 6.54 Å². The van der Waals surface area contributed by atoms with E-state index in [0.717, 1.165) is 0 Å². The van der Waals surface area contributed by atoms with Crippen molar-refractivity contribution in [3.8, 4) is 5.69 Å². The third-order valence-electron chi connectivity index (χ3n) is 2.96. The number of amides is 1. The minimum atomic E-state index is -4.32. The topological polar surface area (TPSA) is 97.1 Å². The van der Waals surface area contributed by atoms with Gasteiger partial charge in [0.15, 0.2) is 0 Å². The van der Waals surface area contributed by atoms with Gasteiger partial charge in [0.1, 0.15) is 0 Å². The first kappa shape index (κ1) is 17.4. The summed E-state index contributed by atoms with van der Waals surface area (Å²) in [6, 6.07) is 5.91. The van der Waals surface area contributed by atoms with Crippen molar-refractivity contribution in [2.24, 2.45) is 0 Å². The van der Waals surface area contributed by atoms with Gasteiger partial charge in [-0.25, -0.2) is 4.68 Å². The summed E-state index contributed by atoms with van der Waals surface area (Å²) in [6.07, 6.45) is -4.24. The lowest BCUT2D eigenvalue weighted by Gasteiger charge is -2.08. The minimum Gasteiger partial charge on any atom is -0.481 e. The summed E-state index contributed by atoms with van der Waals surface area (Å²) in [7, 11) is 0. The van der Waals surface area contributed by atoms with Crippen LogP contribution in [0.25, 0.3) is 5.69 Å². The van der Waals surface area contributed by atoms with Crippen LogP contribution < -0.4 is 5.32 Å². The Morgan fingerprint density at radius 2 is 1.88 bits per heavy atom. The van der Waals surface area contributed by atoms with Gasteiger partial charge in [0.05, 0.1) is 30.4 Å². The van der Waals surface area contributed by atoms with E-state index >= 15 is 0 Å². The largest absolute Gasteiger partial charge is 0.481 e. The molecule has 1 aromatic heterocycles. The number of carboxylic acids is 1. The number of hydrogen-bond acceptors (Lipinski definition) is 4. The Hall–Kier alpha value is -2.91. The van der Waals surface area contributed by atoms with E-state index in [1.807, 2.05) is 0 Å². The standard InChI is InChI=1S/C14H13F3N4O3/c15-14(16,17)5-6-18-13(24)9-1-3-11(4-2-9)21-8-10(19-20-21)7-12(22)23/h1-4,8H,5-7H2,(H,18,24)(H,22,23). The number of carboxylic acid groups (broad SMARTS) is 1. The summed E-state index contributed by atoms with van der Waals surface area (Å²) in [6.45, 7) is -0.494. The summed E-state index contributed by atoms with van der Waals surface area (Å²) < 4.78 is 37.4. The van der Waals surface area contributed by atoms with Gasteiger partial charge in [0.2, 0.25) is 0 Å². The van der Waals surface area contributed by atoms with Gasteiger partial charge in [-0.05, 0) is 24.3 Å². The maximum absolute atomic E-state index is 12.0. The molecule has 0 saturated heterocycles. The Bertz CT molecular complexity index is 726. The predicted octanol–water partition coefficient (Wildman–Crippen LogP) is 1.58. The van der Waals surface area contributed by atoms with Crippen molar-refractivity contribution in [2.45, 2.75) is 19.0 Å². The van der Waals surface area contributed by atoms with E-state index in [-0.39, 0.29) is 17.7 Å². The third-order valence-corrected chi connectivity index (χ3v) is 2.96. The van der Waals surface area contributed by atoms with Crippen LogP contribution in [0.15, 0.2) is 30.5 Å². The first-order valence-corrected chi connectivity index (χ1v) is 6.83. The molecule has 0 aliphatic heterocycles. The molecule has 0 spiro atoms. The number of halogens is 3. The number of hydrogen-bond donors (Lipinski definition) is 2. The summed E-state index contributed by atoms with van der Waals surface area (Å²) in [5, 5.41) is 18.3. The Labute approximate surface area is 134 Å². The fourth-order valence-corrected chi connectivity index (χ4v) is 1.85. The zero-order chi connectivity index (χ0) is 17.7. The first-order valence-electron chi connectivity index (χ1n) is 6.83. The normalized spacial score (nSPS) is 11.3. The molecular formula is C14H13F3N4O3. The molecular weight excluding hydrogens is 329 g/mol. The molecule has 1 heterocycles. The first-order chi connectivity index (χ1) is 11.2. The van der Waals surface area contributed by atoms with Crippen molar-refractivity contribution in [3.05, 3.63) is 41.7 Å². The molecule has 2 N–H and O–H groups in total. The van der Waals surface area contributed by atoms with Crippen LogP contribution in [-0.2, 0) is 11.2 Å². The lowest BCUT2D eigenvalue weighted by atomic mass is 10.2. The molecule has 24 heavy (non-hydrogen) atoms. The summed E-state index contributed by atoms with van der Waals surface area (Å²) in [4.78, 5) is 22.3. The SMILES string of the molecule is O=C(O)Cc1cn(-c2ccc(C(=O)NCCC(F)(F)F)cc2)nn1. The van der Waals surface area contributed by atoms with Crippen LogP contribution in [0.5, 0.6) is 0 Å². The molecule has 0 saturated carbocycles. The number of alkyl halides is 3. The van der Waals surface area contributed by atoms with E-state index in [0.29, 0.717) is 5.69 Å². The molecule has 0 aliphatic carbocycles. The molecule has 2 aromatic rings. The summed E-state index contributed by atoms with van der Waals surface area (Å²) >= 11 is 0. The Morgan fingerprint density at radius 3 is 2.46 bits per heavy atom. The van der Waals surface area contributed by atoms with Gasteiger partial charge in [-0.2, -0.15) is 13.2 Å². The molecule has 0 unspecified atom stereocenters. The van der Waals surface area contributed by atoms with Crippen LogP contribution in [0.3, 0.4) is 0 Å². The molecule has 0 atom stereocenters. The van der Waals surface area contributed by atoms with Crippen LogP contribution in [0.1, 0.15) is 22.5 Å². The molecule has 7 nitrogen and oxygen atoms in total. The smallest absolute Gasteiger partial charge is 0.390 e. The van der Waals surface area contributed by atoms with Crippen molar-refractivity contribution in [3.63, 3.8) is 0 Å². The van der Waals surface area contributed by atoms with E-state index < -0.39 is 31.0 Å². The fourth-order valence-electron chi connectivity index (χ4n) is 1.85. The predicted molar refractivity (Wildman–Crippen MR) is 75.7 cm³/mol. The second-order valence-electron chi connectivity index (χ2n) is 4.89. The van der Waals surface area contributed by atoms with E-state index in [1.54, 1.807) is 0 Å². The van der Waals surface area contributed by atoms with Gasteiger partial charge in [-0.1, -0.05) is 5.21 Å². The highest BCUT2D eigenvalue weighted by molar-refractivity contribution is 5.94. The van der Waals surface area contributed by atoms with Crippen LogP contribution >= 0.6 is 0 Å². The minimum absolute atomic E-state index is 0.201. The molecule has 10 heteroatoms. The highest BCUT2D eigenvalue weighted by Gasteiger charge is 2.26. The second-order valence-corrected chi connectivity index (χ2v) is 4.89. The van der Waals surface area contributed by atoms with Crippen molar-refractivity contribution < 1.29 is 27.9 Å². The molecule has 0 aliphatic rings. The average molecular weight is 342 g/mol. The molecule has 0 fully saturated rings. The number of nitrogens with one attached hydrogen (secondary N) is 1. The average Bonchev–Trinajstić information content (AvgIpc) is 2.93. The van der Waals surface area contributed by atoms with E-state index in [9.17, 15) is 22.8 Å². The highest BCUT2D eigenvalue weighted by atomic mass is 19.4. The highest BCUT2D eigenvalue weighted by Crippen LogP contribution is 2.18. The number of carbonyl (C=O) groups is 2. The van der Waals surface area contributed by atoms with E-state index in [2.05, 4.69) is 15.6 Å². The van der Waals surface area contributed by atoms with Crippen molar-refractivity contribution in [1.29, 1.82) is 0 Å². The number of nitrogens with zero attached hydrogens (tertiary/aromatic N) is 3. The zero-order valence-electron chi connectivity index (χ0n) is 12.2. The van der Waals surface area contributed by atoms with Crippen molar-refractivity contribution >= 4 is 11.9 Å². The van der Waals surface area contributed by atoms with Gasteiger partial charge in [-0.3, -0.25) is 9.59 Å². The van der Waals surface area contributed by atoms with Gasteiger partial charge in [0.25, 0.3) is 5.91 Å². The monoisotopic (exact) mass is 342 g/mol. The molecule has 1 aromatic carbocycles. The molecule has 0 radical (unpaired) electrons. The second kappa shape index (κ2) is 7.11. The fraction of sp³-hybridized carbons (Fsp3) is 0.286. The molecule has 2 rings (SSSR count). The van der Waals surface area contributed by atoms with Gasteiger partial charge >= 0.3 is 12.1 Å². The lowest BCUT2D eigenvalue weighted by molar-refractivity contribution is -0.136. The number of rotatable bonds is 6. The van der Waals surface area contributed by atoms with E-state index in [4.69, 9.17) is 5.11 Å². The molecule has 1 amide bonds. The van der Waals surface area contributed by atoms with E-state index in [1.165, 1.54) is 35.1 Å². The van der Waals surface area contributed by atoms with Gasteiger partial charge in [0, 0.05) is 12.1 Å². The van der Waals surface area contributed by atoms with Crippen molar-refractivity contribution in [1.82, 2.24) is 20.3 Å². The Kier molecular flexibility index (Phi) is 5.17. The van der Waals surface area contributed by atoms with Gasteiger partial charge in [-0.15, -0.1) is 5.10 Å². The maximum atomic E-state index is 12.0. The maximum Gasteiger partial charge on any atom is 0.390 e. The van der Waals surface area contributed by atoms with Crippen LogP contribution in [0.2, 0.25) is 0 Å². The van der Waals surface area contributed by atoms with Crippen LogP contribution in [-0.4, -0.2) is 44.7 Å². The number of aromatic nitrogens is 3. The van der Waals surface area contributed by atoms with Crippen LogP contribution in [0, 0.1) is 0 Å². The lowest BCUT2D eigenvalue weighted by Crippen LogP contribution is -2.27. The number of benzene rings is 1. The Balaban J connectivity index is 1.98.